The van der Waals surface area contributed by atoms with Crippen molar-refractivity contribution in [1.82, 2.24) is 14.9 Å². The lowest BCUT2D eigenvalue weighted by atomic mass is 10.0. The molecule has 4 N–H and O–H groups in total. The summed E-state index contributed by atoms with van der Waals surface area (Å²) in [4.78, 5) is 25.9. The van der Waals surface area contributed by atoms with Gasteiger partial charge in [-0.1, -0.05) is 6.07 Å². The number of H-pyrrole nitrogens is 1. The molecule has 1 fully saturated rings. The van der Waals surface area contributed by atoms with E-state index in [1.807, 2.05) is 25.2 Å². The van der Waals surface area contributed by atoms with Crippen molar-refractivity contribution in [2.75, 3.05) is 0 Å². The second-order valence-corrected chi connectivity index (χ2v) is 7.11. The number of benzene rings is 1. The van der Waals surface area contributed by atoms with Crippen molar-refractivity contribution in [2.24, 2.45) is 7.05 Å². The average molecular weight is 367 g/mol. The molecule has 2 heterocycles. The number of pyridine rings is 1. The fourth-order valence-electron chi connectivity index (χ4n) is 3.44. The zero-order valence-corrected chi connectivity index (χ0v) is 15.2. The van der Waals surface area contributed by atoms with E-state index in [0.717, 1.165) is 23.0 Å². The maximum Gasteiger partial charge on any atom is 0.345 e. The molecule has 1 aromatic carbocycles. The molecule has 1 aliphatic rings. The number of rotatable bonds is 5. The second kappa shape index (κ2) is 6.28. The van der Waals surface area contributed by atoms with E-state index in [9.17, 15) is 14.7 Å². The quantitative estimate of drug-likeness (QED) is 0.554. The molecule has 1 saturated carbocycles. The first-order chi connectivity index (χ1) is 12.9. The van der Waals surface area contributed by atoms with Crippen molar-refractivity contribution < 1.29 is 15.0 Å². The smallest absolute Gasteiger partial charge is 0.345 e. The molecule has 7 heteroatoms. The van der Waals surface area contributed by atoms with E-state index in [-0.39, 0.29) is 0 Å². The number of aromatic hydroxyl groups is 1. The summed E-state index contributed by atoms with van der Waals surface area (Å²) >= 11 is 0. The number of nitrogens with one attached hydrogen (secondary N) is 2. The Morgan fingerprint density at radius 3 is 2.74 bits per heavy atom. The van der Waals surface area contributed by atoms with Crippen LogP contribution in [-0.2, 0) is 13.6 Å². The fourth-order valence-corrected chi connectivity index (χ4v) is 3.44. The zero-order chi connectivity index (χ0) is 19.3. The van der Waals surface area contributed by atoms with Crippen LogP contribution in [0, 0.1) is 6.92 Å². The van der Waals surface area contributed by atoms with Crippen LogP contribution in [-0.4, -0.2) is 31.8 Å². The molecule has 7 nitrogen and oxygen atoms in total. The van der Waals surface area contributed by atoms with Crippen LogP contribution in [0.1, 0.15) is 34.5 Å². The summed E-state index contributed by atoms with van der Waals surface area (Å²) in [7, 11) is 2.02. The number of aryl methyl sites for hydroxylation is 1. The van der Waals surface area contributed by atoms with Crippen LogP contribution < -0.4 is 10.9 Å². The van der Waals surface area contributed by atoms with Crippen molar-refractivity contribution in [2.45, 2.75) is 32.4 Å². The molecular formula is C20H21N3O4. The van der Waals surface area contributed by atoms with Crippen molar-refractivity contribution >= 4 is 16.9 Å². The van der Waals surface area contributed by atoms with Crippen LogP contribution in [0.2, 0.25) is 0 Å². The Bertz CT molecular complexity index is 1120. The van der Waals surface area contributed by atoms with Gasteiger partial charge in [0.25, 0.3) is 5.56 Å². The third-order valence-electron chi connectivity index (χ3n) is 5.23. The summed E-state index contributed by atoms with van der Waals surface area (Å²) in [5.74, 6) is -1.95. The lowest BCUT2D eigenvalue weighted by Crippen LogP contribution is -2.19. The molecule has 0 aliphatic heterocycles. The van der Waals surface area contributed by atoms with Gasteiger partial charge in [0.05, 0.1) is 5.69 Å². The molecule has 1 aliphatic carbocycles. The molecule has 0 spiro atoms. The van der Waals surface area contributed by atoms with Gasteiger partial charge in [-0.15, -0.1) is 0 Å². The van der Waals surface area contributed by atoms with E-state index < -0.39 is 22.8 Å². The standard InChI is InChI=1S/C20H21N3O4/c1-10-17(22-19(25)16(18(10)24)20(26)27)11-3-6-15-12(7-11)8-14(23(15)2)9-21-13-4-5-13/h3,6-8,13,21H,4-5,9H2,1-2H3,(H,26,27)(H2,22,24,25). The van der Waals surface area contributed by atoms with E-state index in [1.54, 1.807) is 6.92 Å². The lowest BCUT2D eigenvalue weighted by molar-refractivity contribution is 0.0691. The highest BCUT2D eigenvalue weighted by molar-refractivity contribution is 5.92. The Kier molecular flexibility index (Phi) is 4.04. The Hall–Kier alpha value is -3.06. The van der Waals surface area contributed by atoms with Gasteiger partial charge in [0.15, 0.2) is 5.56 Å². The van der Waals surface area contributed by atoms with Gasteiger partial charge in [-0.25, -0.2) is 4.79 Å². The largest absolute Gasteiger partial charge is 0.506 e. The van der Waals surface area contributed by atoms with E-state index in [4.69, 9.17) is 5.11 Å². The number of carbonyl (C=O) groups is 1. The molecule has 0 unspecified atom stereocenters. The molecule has 0 amide bonds. The summed E-state index contributed by atoms with van der Waals surface area (Å²) in [5.41, 5.74) is 2.26. The summed E-state index contributed by atoms with van der Waals surface area (Å²) in [6, 6.07) is 8.49. The zero-order valence-electron chi connectivity index (χ0n) is 15.2. The minimum Gasteiger partial charge on any atom is -0.506 e. The predicted octanol–water partition coefficient (Wildman–Crippen LogP) is 2.50. The van der Waals surface area contributed by atoms with Gasteiger partial charge in [-0.2, -0.15) is 0 Å². The number of aromatic carboxylic acids is 1. The van der Waals surface area contributed by atoms with Crippen molar-refractivity contribution in [1.29, 1.82) is 0 Å². The first kappa shape index (κ1) is 17.4. The Morgan fingerprint density at radius 2 is 2.07 bits per heavy atom. The first-order valence-corrected chi connectivity index (χ1v) is 8.88. The van der Waals surface area contributed by atoms with E-state index in [2.05, 4.69) is 20.9 Å². The van der Waals surface area contributed by atoms with Gasteiger partial charge in [0.2, 0.25) is 0 Å². The highest BCUT2D eigenvalue weighted by Crippen LogP contribution is 2.31. The topological polar surface area (TPSA) is 107 Å². The highest BCUT2D eigenvalue weighted by Gasteiger charge is 2.22. The number of aromatic nitrogens is 2. The fraction of sp³-hybridized carbons (Fsp3) is 0.300. The van der Waals surface area contributed by atoms with Crippen LogP contribution in [0.15, 0.2) is 29.1 Å². The molecule has 27 heavy (non-hydrogen) atoms. The number of aromatic amines is 1. The maximum atomic E-state index is 12.1. The van der Waals surface area contributed by atoms with E-state index >= 15 is 0 Å². The number of hydrogen-bond acceptors (Lipinski definition) is 4. The molecule has 0 atom stereocenters. The van der Waals surface area contributed by atoms with Crippen molar-refractivity contribution in [3.05, 3.63) is 51.4 Å². The maximum absolute atomic E-state index is 12.1. The van der Waals surface area contributed by atoms with Gasteiger partial charge in [-0.3, -0.25) is 4.79 Å². The van der Waals surface area contributed by atoms with Crippen molar-refractivity contribution in [3.63, 3.8) is 0 Å². The van der Waals surface area contributed by atoms with Crippen molar-refractivity contribution in [3.8, 4) is 17.0 Å². The Balaban J connectivity index is 1.78. The minimum absolute atomic E-state index is 0.331. The third kappa shape index (κ3) is 3.00. The predicted molar refractivity (Wildman–Crippen MR) is 102 cm³/mol. The molecule has 4 rings (SSSR count). The number of nitrogens with zero attached hydrogens (tertiary/aromatic N) is 1. The van der Waals surface area contributed by atoms with Gasteiger partial charge in [0.1, 0.15) is 5.75 Å². The van der Waals surface area contributed by atoms with Gasteiger partial charge >= 0.3 is 5.97 Å². The van der Waals surface area contributed by atoms with E-state index in [1.165, 1.54) is 18.5 Å². The number of fused-ring (bicyclic) bond motifs is 1. The van der Waals surface area contributed by atoms with Gasteiger partial charge in [-0.05, 0) is 43.5 Å². The number of hydrogen-bond donors (Lipinski definition) is 4. The van der Waals surface area contributed by atoms with Gasteiger partial charge < -0.3 is 25.1 Å². The van der Waals surface area contributed by atoms with Gasteiger partial charge in [0, 0.05) is 41.8 Å². The van der Waals surface area contributed by atoms with Crippen LogP contribution in [0.3, 0.4) is 0 Å². The number of carboxylic acids is 1. The normalized spacial score (nSPS) is 14.0. The third-order valence-corrected chi connectivity index (χ3v) is 5.23. The summed E-state index contributed by atoms with van der Waals surface area (Å²) in [6.07, 6.45) is 2.47. The number of carboxylic acid groups (broad SMARTS) is 1. The second-order valence-electron chi connectivity index (χ2n) is 7.11. The molecule has 0 bridgehead atoms. The van der Waals surface area contributed by atoms with Crippen LogP contribution >= 0.6 is 0 Å². The molecule has 140 valence electrons. The van der Waals surface area contributed by atoms with Crippen LogP contribution in [0.25, 0.3) is 22.2 Å². The molecule has 0 saturated heterocycles. The summed E-state index contributed by atoms with van der Waals surface area (Å²) < 4.78 is 2.13. The van der Waals surface area contributed by atoms with Crippen LogP contribution in [0.5, 0.6) is 5.75 Å². The monoisotopic (exact) mass is 367 g/mol. The molecule has 3 aromatic rings. The molecule has 0 radical (unpaired) electrons. The van der Waals surface area contributed by atoms with E-state index in [0.29, 0.717) is 17.3 Å². The van der Waals surface area contributed by atoms with Crippen LogP contribution in [0.4, 0.5) is 0 Å². The summed E-state index contributed by atoms with van der Waals surface area (Å²) in [6.45, 7) is 2.39. The SMILES string of the molecule is Cc1c(-c2ccc3c(c2)cc(CNC2CC2)n3C)[nH]c(=O)c(C(=O)O)c1O. The molecular weight excluding hydrogens is 346 g/mol. The average Bonchev–Trinajstić information content (AvgIpc) is 3.40. The minimum atomic E-state index is -1.45. The first-order valence-electron chi connectivity index (χ1n) is 8.88. The highest BCUT2D eigenvalue weighted by atomic mass is 16.4. The molecule has 2 aromatic heterocycles. The lowest BCUT2D eigenvalue weighted by Gasteiger charge is -2.10. The summed E-state index contributed by atoms with van der Waals surface area (Å²) in [5, 5.41) is 23.8. The Labute approximate surface area is 155 Å². The Morgan fingerprint density at radius 1 is 1.33 bits per heavy atom.